The van der Waals surface area contributed by atoms with Gasteiger partial charge in [0.25, 0.3) is 0 Å². The number of hydrogen-bond donors (Lipinski definition) is 1. The van der Waals surface area contributed by atoms with Gasteiger partial charge in [0, 0.05) is 42.0 Å². The number of benzene rings is 1. The highest BCUT2D eigenvalue weighted by Crippen LogP contribution is 2.25. The zero-order valence-corrected chi connectivity index (χ0v) is 19.1. The zero-order chi connectivity index (χ0) is 21.2. The number of urea groups is 1. The summed E-state index contributed by atoms with van der Waals surface area (Å²) in [5.74, 6) is 0. The maximum Gasteiger partial charge on any atom is 0.317 e. The first-order valence-electron chi connectivity index (χ1n) is 9.31. The highest BCUT2D eigenvalue weighted by atomic mass is 35.5. The van der Waals surface area contributed by atoms with E-state index in [1.807, 2.05) is 5.38 Å². The van der Waals surface area contributed by atoms with Crippen LogP contribution < -0.4 is 5.32 Å². The molecular weight excluding hydrogens is 432 g/mol. The van der Waals surface area contributed by atoms with Crippen LogP contribution in [-0.4, -0.2) is 54.8 Å². The van der Waals surface area contributed by atoms with Crippen molar-refractivity contribution in [2.45, 2.75) is 37.6 Å². The van der Waals surface area contributed by atoms with E-state index in [2.05, 4.69) is 31.1 Å². The quantitative estimate of drug-likeness (QED) is 0.765. The average molecular weight is 457 g/mol. The molecule has 29 heavy (non-hydrogen) atoms. The van der Waals surface area contributed by atoms with Gasteiger partial charge in [-0.2, -0.15) is 4.31 Å². The minimum Gasteiger partial charge on any atom is -0.332 e. The van der Waals surface area contributed by atoms with E-state index < -0.39 is 10.0 Å². The largest absolute Gasteiger partial charge is 0.332 e. The Morgan fingerprint density at radius 2 is 1.79 bits per heavy atom. The molecule has 1 N–H and O–H groups in total. The molecule has 2 aromatic rings. The van der Waals surface area contributed by atoms with E-state index in [4.69, 9.17) is 11.6 Å². The smallest absolute Gasteiger partial charge is 0.317 e. The van der Waals surface area contributed by atoms with Gasteiger partial charge in [-0.15, -0.1) is 11.3 Å². The van der Waals surface area contributed by atoms with Crippen LogP contribution in [0.4, 0.5) is 4.79 Å². The van der Waals surface area contributed by atoms with Crippen LogP contribution in [0, 0.1) is 0 Å². The van der Waals surface area contributed by atoms with Gasteiger partial charge in [-0.3, -0.25) is 0 Å². The molecule has 2 heterocycles. The van der Waals surface area contributed by atoms with E-state index >= 15 is 0 Å². The minimum atomic E-state index is -3.59. The van der Waals surface area contributed by atoms with Crippen LogP contribution in [0.2, 0.25) is 5.02 Å². The Hall–Kier alpha value is -1.68. The summed E-state index contributed by atoms with van der Waals surface area (Å²) in [6.07, 6.45) is 0. The van der Waals surface area contributed by atoms with E-state index in [1.165, 1.54) is 16.4 Å². The van der Waals surface area contributed by atoms with Crippen molar-refractivity contribution in [3.05, 3.63) is 45.4 Å². The molecule has 2 amide bonds. The Bertz CT molecular complexity index is 960. The van der Waals surface area contributed by atoms with Crippen LogP contribution in [0.3, 0.4) is 0 Å². The van der Waals surface area contributed by atoms with Crippen molar-refractivity contribution in [2.75, 3.05) is 26.2 Å². The van der Waals surface area contributed by atoms with Crippen molar-refractivity contribution in [1.29, 1.82) is 0 Å². The monoisotopic (exact) mass is 456 g/mol. The predicted molar refractivity (Wildman–Crippen MR) is 115 cm³/mol. The minimum absolute atomic E-state index is 0.0150. The van der Waals surface area contributed by atoms with Crippen molar-refractivity contribution in [3.8, 4) is 0 Å². The Morgan fingerprint density at radius 3 is 2.34 bits per heavy atom. The Labute approximate surface area is 180 Å². The molecule has 3 rings (SSSR count). The van der Waals surface area contributed by atoms with Crippen molar-refractivity contribution in [2.24, 2.45) is 0 Å². The lowest BCUT2D eigenvalue weighted by Crippen LogP contribution is -2.52. The van der Waals surface area contributed by atoms with Crippen LogP contribution >= 0.6 is 22.9 Å². The summed E-state index contributed by atoms with van der Waals surface area (Å²) >= 11 is 7.42. The highest BCUT2D eigenvalue weighted by Gasteiger charge is 2.30. The van der Waals surface area contributed by atoms with Gasteiger partial charge in [0.15, 0.2) is 0 Å². The number of rotatable bonds is 4. The van der Waals surface area contributed by atoms with Gasteiger partial charge in [-0.1, -0.05) is 32.4 Å². The number of sulfonamides is 1. The molecule has 0 bridgehead atoms. The van der Waals surface area contributed by atoms with Crippen LogP contribution in [0.1, 0.15) is 31.5 Å². The lowest BCUT2D eigenvalue weighted by atomic mass is 9.98. The number of aromatic nitrogens is 1. The third-order valence-electron chi connectivity index (χ3n) is 4.59. The Morgan fingerprint density at radius 1 is 1.17 bits per heavy atom. The molecule has 1 aromatic heterocycles. The molecule has 0 unspecified atom stereocenters. The number of piperazine rings is 1. The summed E-state index contributed by atoms with van der Waals surface area (Å²) in [4.78, 5) is 18.9. The number of thiazole rings is 1. The fraction of sp³-hybridized carbons (Fsp3) is 0.474. The van der Waals surface area contributed by atoms with Gasteiger partial charge in [-0.25, -0.2) is 18.2 Å². The highest BCUT2D eigenvalue weighted by molar-refractivity contribution is 7.89. The van der Waals surface area contributed by atoms with E-state index in [1.54, 1.807) is 28.4 Å². The molecular formula is C19H25ClN4O3S2. The van der Waals surface area contributed by atoms with Crippen LogP contribution in [0.5, 0.6) is 0 Å². The summed E-state index contributed by atoms with van der Waals surface area (Å²) in [6, 6.07) is 5.90. The number of carbonyl (C=O) groups excluding carboxylic acids is 1. The van der Waals surface area contributed by atoms with E-state index in [-0.39, 0.29) is 29.4 Å². The number of nitrogens with zero attached hydrogens (tertiary/aromatic N) is 3. The van der Waals surface area contributed by atoms with Gasteiger partial charge in [-0.05, 0) is 24.3 Å². The summed E-state index contributed by atoms with van der Waals surface area (Å²) < 4.78 is 26.9. The van der Waals surface area contributed by atoms with E-state index in [0.29, 0.717) is 24.7 Å². The SMILES string of the molecule is CC(C)(C)c1nc(CNC(=O)N2CCN(S(=O)(=O)c3ccc(Cl)cc3)CC2)cs1. The lowest BCUT2D eigenvalue weighted by Gasteiger charge is -2.33. The van der Waals surface area contributed by atoms with Crippen molar-refractivity contribution < 1.29 is 13.2 Å². The van der Waals surface area contributed by atoms with Gasteiger partial charge in [0.2, 0.25) is 10.0 Å². The normalized spacial score (nSPS) is 16.1. The second-order valence-electron chi connectivity index (χ2n) is 7.90. The van der Waals surface area contributed by atoms with E-state index in [9.17, 15) is 13.2 Å². The third kappa shape index (κ3) is 5.28. The molecule has 1 saturated heterocycles. The molecule has 7 nitrogen and oxygen atoms in total. The molecule has 0 spiro atoms. The third-order valence-corrected chi connectivity index (χ3v) is 8.07. The van der Waals surface area contributed by atoms with Gasteiger partial charge in [0.1, 0.15) is 0 Å². The molecule has 10 heteroatoms. The molecule has 158 valence electrons. The summed E-state index contributed by atoms with van der Waals surface area (Å²) in [7, 11) is -3.59. The van der Waals surface area contributed by atoms with Crippen molar-refractivity contribution >= 4 is 39.0 Å². The van der Waals surface area contributed by atoms with Crippen LogP contribution in [0.25, 0.3) is 0 Å². The first-order valence-corrected chi connectivity index (χ1v) is 12.0. The molecule has 0 aliphatic carbocycles. The Kier molecular flexibility index (Phi) is 6.52. The number of carbonyl (C=O) groups is 1. The molecule has 1 aliphatic rings. The van der Waals surface area contributed by atoms with Crippen molar-refractivity contribution in [3.63, 3.8) is 0 Å². The second kappa shape index (κ2) is 8.59. The first kappa shape index (κ1) is 22.0. The zero-order valence-electron chi connectivity index (χ0n) is 16.7. The first-order chi connectivity index (χ1) is 13.6. The van der Waals surface area contributed by atoms with Crippen molar-refractivity contribution in [1.82, 2.24) is 19.5 Å². The summed E-state index contributed by atoms with van der Waals surface area (Å²) in [6.45, 7) is 7.84. The fourth-order valence-corrected chi connectivity index (χ4v) is 5.35. The number of nitrogens with one attached hydrogen (secondary N) is 1. The van der Waals surface area contributed by atoms with Gasteiger partial charge < -0.3 is 10.2 Å². The van der Waals surface area contributed by atoms with Gasteiger partial charge >= 0.3 is 6.03 Å². The summed E-state index contributed by atoms with van der Waals surface area (Å²) in [5, 5.41) is 6.35. The second-order valence-corrected chi connectivity index (χ2v) is 11.1. The Balaban J connectivity index is 1.53. The summed E-state index contributed by atoms with van der Waals surface area (Å²) in [5.41, 5.74) is 0.816. The topological polar surface area (TPSA) is 82.6 Å². The fourth-order valence-electron chi connectivity index (χ4n) is 2.90. The standard InChI is InChI=1S/C19H25ClN4O3S2/c1-19(2,3)17-22-15(13-28-17)12-21-18(25)23-8-10-24(11-9-23)29(26,27)16-6-4-14(20)5-7-16/h4-7,13H,8-12H2,1-3H3,(H,21,25). The van der Waals surface area contributed by atoms with Gasteiger partial charge in [0.05, 0.1) is 22.1 Å². The van der Waals surface area contributed by atoms with E-state index in [0.717, 1.165) is 10.7 Å². The number of hydrogen-bond acceptors (Lipinski definition) is 5. The number of halogens is 1. The number of amides is 2. The maximum atomic E-state index is 12.7. The molecule has 1 aliphatic heterocycles. The molecule has 1 aromatic carbocycles. The molecule has 0 radical (unpaired) electrons. The lowest BCUT2D eigenvalue weighted by molar-refractivity contribution is 0.172. The average Bonchev–Trinajstić information content (AvgIpc) is 3.16. The van der Waals surface area contributed by atoms with Crippen LogP contribution in [0.15, 0.2) is 34.5 Å². The molecule has 0 saturated carbocycles. The predicted octanol–water partition coefficient (Wildman–Crippen LogP) is 3.31. The maximum absolute atomic E-state index is 12.7. The molecule has 1 fully saturated rings. The molecule has 0 atom stereocenters. The van der Waals surface area contributed by atoms with Crippen LogP contribution in [-0.2, 0) is 22.0 Å².